The molecular weight excluding hydrogens is 559 g/mol. The van der Waals surface area contributed by atoms with E-state index in [1.54, 1.807) is 6.92 Å². The van der Waals surface area contributed by atoms with Crippen molar-refractivity contribution >= 4 is 17.7 Å². The zero-order valence-corrected chi connectivity index (χ0v) is 21.5. The minimum absolute atomic E-state index is 0.0131. The van der Waals surface area contributed by atoms with Crippen molar-refractivity contribution in [3.8, 4) is 0 Å². The van der Waals surface area contributed by atoms with Crippen molar-refractivity contribution in [3.63, 3.8) is 0 Å². The van der Waals surface area contributed by atoms with E-state index in [9.17, 15) is 49.1 Å². The lowest BCUT2D eigenvalue weighted by Gasteiger charge is -2.44. The highest BCUT2D eigenvalue weighted by Gasteiger charge is 2.42. The van der Waals surface area contributed by atoms with E-state index in [0.717, 1.165) is 34.9 Å². The van der Waals surface area contributed by atoms with E-state index in [1.807, 2.05) is 0 Å². The standard InChI is InChI=1S/C26H25F9N2O3/c1-4-19-12-22(20-11-16(24(27,28)29)6-7-21(20)37(19)23(39)40-5-2)36(14(3)38)13-15-8-17(25(30,31)32)10-18(9-15)26(33,34)35/h6-11,19,22H,4-5,12-13H2,1-3H3/t19-,22-/m0/s1. The molecule has 1 heterocycles. The zero-order chi connectivity index (χ0) is 30.2. The number of anilines is 1. The van der Waals surface area contributed by atoms with Crippen molar-refractivity contribution in [2.75, 3.05) is 11.5 Å². The number of carbonyl (C=O) groups is 2. The molecule has 3 rings (SSSR count). The number of benzene rings is 2. The van der Waals surface area contributed by atoms with Crippen molar-refractivity contribution in [2.24, 2.45) is 0 Å². The summed E-state index contributed by atoms with van der Waals surface area (Å²) in [6.45, 7) is 3.40. The Morgan fingerprint density at radius 1 is 0.875 bits per heavy atom. The molecule has 40 heavy (non-hydrogen) atoms. The number of nitrogens with zero attached hydrogens (tertiary/aromatic N) is 2. The van der Waals surface area contributed by atoms with Crippen LogP contribution in [0.2, 0.25) is 0 Å². The summed E-state index contributed by atoms with van der Waals surface area (Å²) >= 11 is 0. The first-order chi connectivity index (χ1) is 18.4. The molecule has 2 aromatic rings. The minimum atomic E-state index is -5.14. The number of rotatable bonds is 5. The highest BCUT2D eigenvalue weighted by molar-refractivity contribution is 5.90. The maximum Gasteiger partial charge on any atom is 0.416 e. The first-order valence-corrected chi connectivity index (χ1v) is 12.1. The Morgan fingerprint density at radius 3 is 1.88 bits per heavy atom. The van der Waals surface area contributed by atoms with Gasteiger partial charge in [0, 0.05) is 19.5 Å². The average molecular weight is 584 g/mol. The molecule has 1 aliphatic heterocycles. The quantitative estimate of drug-likeness (QED) is 0.335. The average Bonchev–Trinajstić information content (AvgIpc) is 2.84. The predicted octanol–water partition coefficient (Wildman–Crippen LogP) is 7.98. The van der Waals surface area contributed by atoms with E-state index in [-0.39, 0.29) is 36.8 Å². The van der Waals surface area contributed by atoms with Gasteiger partial charge in [0.25, 0.3) is 0 Å². The minimum Gasteiger partial charge on any atom is -0.449 e. The van der Waals surface area contributed by atoms with Crippen LogP contribution in [-0.2, 0) is 34.6 Å². The number of amides is 2. The summed E-state index contributed by atoms with van der Waals surface area (Å²) < 4.78 is 126. The van der Waals surface area contributed by atoms with Crippen molar-refractivity contribution in [2.45, 2.75) is 70.8 Å². The zero-order valence-electron chi connectivity index (χ0n) is 21.5. The second-order valence-corrected chi connectivity index (χ2v) is 9.21. The number of ether oxygens (including phenoxy) is 1. The Morgan fingerprint density at radius 2 is 1.43 bits per heavy atom. The lowest BCUT2D eigenvalue weighted by atomic mass is 9.87. The monoisotopic (exact) mass is 584 g/mol. The van der Waals surface area contributed by atoms with Crippen LogP contribution in [0.15, 0.2) is 36.4 Å². The van der Waals surface area contributed by atoms with Crippen LogP contribution in [-0.4, -0.2) is 29.5 Å². The van der Waals surface area contributed by atoms with Crippen molar-refractivity contribution < 1.29 is 53.8 Å². The van der Waals surface area contributed by atoms with E-state index < -0.39 is 71.4 Å². The molecule has 0 bridgehead atoms. The molecule has 5 nitrogen and oxygen atoms in total. The van der Waals surface area contributed by atoms with Gasteiger partial charge in [0.05, 0.1) is 35.0 Å². The van der Waals surface area contributed by atoms with E-state index in [0.29, 0.717) is 12.1 Å². The summed E-state index contributed by atoms with van der Waals surface area (Å²) in [5.74, 6) is -0.807. The molecular formula is C26H25F9N2O3. The van der Waals surface area contributed by atoms with Crippen molar-refractivity contribution in [1.29, 1.82) is 0 Å². The van der Waals surface area contributed by atoms with Gasteiger partial charge in [0.2, 0.25) is 5.91 Å². The van der Waals surface area contributed by atoms with Gasteiger partial charge in [-0.3, -0.25) is 9.69 Å². The molecule has 2 amide bonds. The largest absolute Gasteiger partial charge is 0.449 e. The van der Waals surface area contributed by atoms with E-state index in [2.05, 4.69) is 0 Å². The van der Waals surface area contributed by atoms with Crippen LogP contribution in [0.1, 0.15) is 67.5 Å². The van der Waals surface area contributed by atoms with Gasteiger partial charge in [-0.05, 0) is 67.3 Å². The van der Waals surface area contributed by atoms with E-state index >= 15 is 0 Å². The van der Waals surface area contributed by atoms with Crippen LogP contribution in [0.25, 0.3) is 0 Å². The third-order valence-electron chi connectivity index (χ3n) is 6.55. The van der Waals surface area contributed by atoms with Gasteiger partial charge in [0.1, 0.15) is 0 Å². The third-order valence-corrected chi connectivity index (χ3v) is 6.55. The molecule has 220 valence electrons. The van der Waals surface area contributed by atoms with Gasteiger partial charge in [-0.2, -0.15) is 39.5 Å². The summed E-state index contributed by atoms with van der Waals surface area (Å²) in [4.78, 5) is 27.6. The Labute approximate surface area is 223 Å². The lowest BCUT2D eigenvalue weighted by molar-refractivity contribution is -0.143. The summed E-state index contributed by atoms with van der Waals surface area (Å²) in [5, 5.41) is 0. The second kappa shape index (κ2) is 11.2. The molecule has 0 aromatic heterocycles. The maximum absolute atomic E-state index is 13.6. The summed E-state index contributed by atoms with van der Waals surface area (Å²) in [5.41, 5.74) is -4.98. The molecule has 0 saturated heterocycles. The van der Waals surface area contributed by atoms with Gasteiger partial charge in [-0.25, -0.2) is 4.79 Å². The molecule has 14 heteroatoms. The number of hydrogen-bond donors (Lipinski definition) is 0. The normalized spacial score (nSPS) is 17.9. The molecule has 0 unspecified atom stereocenters. The van der Waals surface area contributed by atoms with Gasteiger partial charge in [-0.1, -0.05) is 6.92 Å². The van der Waals surface area contributed by atoms with Gasteiger partial charge < -0.3 is 9.64 Å². The number of hydrogen-bond acceptors (Lipinski definition) is 3. The van der Waals surface area contributed by atoms with Crippen molar-refractivity contribution in [1.82, 2.24) is 4.90 Å². The molecule has 2 aromatic carbocycles. The van der Waals surface area contributed by atoms with Crippen molar-refractivity contribution in [3.05, 3.63) is 64.2 Å². The van der Waals surface area contributed by atoms with E-state index in [4.69, 9.17) is 4.74 Å². The third kappa shape index (κ3) is 6.64. The number of fused-ring (bicyclic) bond motifs is 1. The Bertz CT molecular complexity index is 1220. The van der Waals surface area contributed by atoms with Crippen LogP contribution in [0.4, 0.5) is 50.0 Å². The molecule has 0 saturated carbocycles. The smallest absolute Gasteiger partial charge is 0.416 e. The first-order valence-electron chi connectivity index (χ1n) is 12.1. The number of halogens is 9. The molecule has 0 radical (unpaired) electrons. The van der Waals surface area contributed by atoms with Crippen LogP contribution < -0.4 is 4.90 Å². The Balaban J connectivity index is 2.20. The molecule has 2 atom stereocenters. The fourth-order valence-electron chi connectivity index (χ4n) is 4.74. The molecule has 0 N–H and O–H groups in total. The molecule has 0 aliphatic carbocycles. The van der Waals surface area contributed by atoms with Crippen LogP contribution in [0.3, 0.4) is 0 Å². The predicted molar refractivity (Wildman–Crippen MR) is 125 cm³/mol. The molecule has 1 aliphatic rings. The highest BCUT2D eigenvalue weighted by Crippen LogP contribution is 2.45. The lowest BCUT2D eigenvalue weighted by Crippen LogP contribution is -2.48. The van der Waals surface area contributed by atoms with Crippen LogP contribution in [0, 0.1) is 0 Å². The molecule has 0 fully saturated rings. The number of carbonyl (C=O) groups excluding carboxylic acids is 2. The fourth-order valence-corrected chi connectivity index (χ4v) is 4.74. The summed E-state index contributed by atoms with van der Waals surface area (Å²) in [6.07, 6.45) is -15.8. The number of alkyl halides is 9. The van der Waals surface area contributed by atoms with Gasteiger partial charge >= 0.3 is 24.6 Å². The maximum atomic E-state index is 13.6. The summed E-state index contributed by atoms with van der Waals surface area (Å²) in [7, 11) is 0. The van der Waals surface area contributed by atoms with E-state index in [1.165, 1.54) is 6.92 Å². The van der Waals surface area contributed by atoms with Crippen LogP contribution >= 0.6 is 0 Å². The van der Waals surface area contributed by atoms with Gasteiger partial charge in [-0.15, -0.1) is 0 Å². The first kappa shape index (κ1) is 31.1. The van der Waals surface area contributed by atoms with Crippen LogP contribution in [0.5, 0.6) is 0 Å². The summed E-state index contributed by atoms with van der Waals surface area (Å²) in [6, 6.07) is 1.44. The topological polar surface area (TPSA) is 49.9 Å². The second-order valence-electron chi connectivity index (χ2n) is 9.21. The highest BCUT2D eigenvalue weighted by atomic mass is 19.4. The Kier molecular flexibility index (Phi) is 8.70. The SMILES string of the molecule is CCOC(=O)N1c2ccc(C(F)(F)F)cc2[C@@H](N(Cc2cc(C(F)(F)F)cc(C(F)(F)F)c2)C(C)=O)C[C@@H]1CC. The van der Waals surface area contributed by atoms with Gasteiger partial charge in [0.15, 0.2) is 0 Å². The Hall–Kier alpha value is -3.45. The fraction of sp³-hybridized carbons (Fsp3) is 0.462. The molecule has 0 spiro atoms.